The van der Waals surface area contributed by atoms with Crippen LogP contribution in [-0.4, -0.2) is 15.6 Å². The van der Waals surface area contributed by atoms with Crippen LogP contribution in [0.5, 0.6) is 0 Å². The minimum Gasteiger partial charge on any atom is -0.481 e. The third-order valence-corrected chi connectivity index (χ3v) is 4.29. The van der Waals surface area contributed by atoms with Crippen LogP contribution in [0.1, 0.15) is 24.6 Å². The van der Waals surface area contributed by atoms with E-state index >= 15 is 0 Å². The van der Waals surface area contributed by atoms with Crippen molar-refractivity contribution in [3.63, 3.8) is 0 Å². The fourth-order valence-corrected chi connectivity index (χ4v) is 3.03. The molecule has 0 aliphatic carbocycles. The van der Waals surface area contributed by atoms with E-state index in [1.165, 1.54) is 16.6 Å². The first-order valence-electron chi connectivity index (χ1n) is 6.33. The molecule has 1 aliphatic rings. The van der Waals surface area contributed by atoms with Gasteiger partial charge in [0.2, 0.25) is 0 Å². The van der Waals surface area contributed by atoms with Gasteiger partial charge in [-0.3, -0.25) is 4.79 Å². The summed E-state index contributed by atoms with van der Waals surface area (Å²) in [6, 6.07) is 8.26. The number of carboxylic acids is 1. The molecule has 18 heavy (non-hydrogen) atoms. The molecule has 1 unspecified atom stereocenters. The zero-order valence-electron chi connectivity index (χ0n) is 10.7. The van der Waals surface area contributed by atoms with Crippen LogP contribution in [0.25, 0.3) is 10.9 Å². The number of hydrogen-bond acceptors (Lipinski definition) is 1. The van der Waals surface area contributed by atoms with E-state index in [1.807, 2.05) is 19.1 Å². The van der Waals surface area contributed by atoms with Crippen LogP contribution >= 0.6 is 0 Å². The van der Waals surface area contributed by atoms with Crippen molar-refractivity contribution in [3.05, 3.63) is 35.5 Å². The van der Waals surface area contributed by atoms with E-state index < -0.39 is 11.4 Å². The number of fused-ring (bicyclic) bond motifs is 3. The zero-order valence-corrected chi connectivity index (χ0v) is 10.7. The molecule has 0 fully saturated rings. The minimum absolute atomic E-state index is 0.575. The quantitative estimate of drug-likeness (QED) is 0.836. The van der Waals surface area contributed by atoms with E-state index in [-0.39, 0.29) is 0 Å². The summed E-state index contributed by atoms with van der Waals surface area (Å²) in [5.74, 6) is -0.691. The number of aryl methyl sites for hydroxylation is 1. The molecule has 3 heteroatoms. The van der Waals surface area contributed by atoms with Crippen molar-refractivity contribution in [3.8, 4) is 0 Å². The molecule has 0 amide bonds. The van der Waals surface area contributed by atoms with E-state index in [0.717, 1.165) is 18.4 Å². The normalized spacial score (nSPS) is 23.0. The lowest BCUT2D eigenvalue weighted by atomic mass is 9.82. The summed E-state index contributed by atoms with van der Waals surface area (Å²) in [7, 11) is 0. The third-order valence-electron chi connectivity index (χ3n) is 4.29. The molecule has 0 bridgehead atoms. The fraction of sp³-hybridized carbons (Fsp3) is 0.400. The molecule has 1 aromatic heterocycles. The zero-order chi connectivity index (χ0) is 12.9. The first-order valence-corrected chi connectivity index (χ1v) is 6.33. The lowest BCUT2D eigenvalue weighted by Gasteiger charge is -2.31. The van der Waals surface area contributed by atoms with Crippen LogP contribution in [0.2, 0.25) is 0 Å². The molecule has 2 heterocycles. The Labute approximate surface area is 106 Å². The van der Waals surface area contributed by atoms with Gasteiger partial charge in [-0.15, -0.1) is 0 Å². The Bertz CT molecular complexity index is 641. The van der Waals surface area contributed by atoms with Gasteiger partial charge in [0.25, 0.3) is 0 Å². The molecule has 0 radical (unpaired) electrons. The maximum absolute atomic E-state index is 11.4. The monoisotopic (exact) mass is 243 g/mol. The highest BCUT2D eigenvalue weighted by atomic mass is 16.4. The Hall–Kier alpha value is -1.77. The summed E-state index contributed by atoms with van der Waals surface area (Å²) < 4.78 is 2.20. The van der Waals surface area contributed by atoms with Crippen LogP contribution < -0.4 is 0 Å². The van der Waals surface area contributed by atoms with Crippen molar-refractivity contribution in [1.82, 2.24) is 4.57 Å². The lowest BCUT2D eigenvalue weighted by molar-refractivity contribution is -0.149. The summed E-state index contributed by atoms with van der Waals surface area (Å²) in [5, 5.41) is 10.6. The Kier molecular flexibility index (Phi) is 2.27. The highest BCUT2D eigenvalue weighted by Crippen LogP contribution is 2.37. The SMILES string of the molecule is Cc1c2n(c3ccccc13)CC(C)(C(=O)O)CC2. The van der Waals surface area contributed by atoms with Crippen molar-refractivity contribution in [2.75, 3.05) is 0 Å². The summed E-state index contributed by atoms with van der Waals surface area (Å²) in [6.07, 6.45) is 1.57. The van der Waals surface area contributed by atoms with Crippen LogP contribution in [0, 0.1) is 12.3 Å². The molecular weight excluding hydrogens is 226 g/mol. The Morgan fingerprint density at radius 1 is 1.39 bits per heavy atom. The largest absolute Gasteiger partial charge is 0.481 e. The number of carbonyl (C=O) groups is 1. The molecule has 3 nitrogen and oxygen atoms in total. The van der Waals surface area contributed by atoms with Crippen molar-refractivity contribution in [1.29, 1.82) is 0 Å². The van der Waals surface area contributed by atoms with Crippen LogP contribution in [-0.2, 0) is 17.8 Å². The number of nitrogens with zero attached hydrogens (tertiary/aromatic N) is 1. The molecule has 2 aromatic rings. The Morgan fingerprint density at radius 2 is 2.11 bits per heavy atom. The van der Waals surface area contributed by atoms with Crippen LogP contribution in [0.15, 0.2) is 24.3 Å². The second kappa shape index (κ2) is 3.61. The molecule has 3 rings (SSSR count). The average Bonchev–Trinajstić information content (AvgIpc) is 2.63. The van der Waals surface area contributed by atoms with Crippen molar-refractivity contribution >= 4 is 16.9 Å². The van der Waals surface area contributed by atoms with Crippen molar-refractivity contribution < 1.29 is 9.90 Å². The van der Waals surface area contributed by atoms with E-state index in [0.29, 0.717) is 6.54 Å². The van der Waals surface area contributed by atoms with Gasteiger partial charge in [-0.1, -0.05) is 18.2 Å². The van der Waals surface area contributed by atoms with E-state index in [2.05, 4.69) is 23.6 Å². The highest BCUT2D eigenvalue weighted by Gasteiger charge is 2.38. The van der Waals surface area contributed by atoms with Gasteiger partial charge in [-0.2, -0.15) is 0 Å². The summed E-state index contributed by atoms with van der Waals surface area (Å²) in [6.45, 7) is 4.56. The summed E-state index contributed by atoms with van der Waals surface area (Å²) in [5.41, 5.74) is 3.13. The first-order chi connectivity index (χ1) is 8.53. The lowest BCUT2D eigenvalue weighted by Crippen LogP contribution is -2.37. The number of hydrogen-bond donors (Lipinski definition) is 1. The molecule has 1 atom stereocenters. The topological polar surface area (TPSA) is 42.2 Å². The van der Waals surface area contributed by atoms with Gasteiger partial charge in [0.1, 0.15) is 0 Å². The van der Waals surface area contributed by atoms with Gasteiger partial charge in [0.15, 0.2) is 0 Å². The Morgan fingerprint density at radius 3 is 2.83 bits per heavy atom. The van der Waals surface area contributed by atoms with Crippen molar-refractivity contribution in [2.24, 2.45) is 5.41 Å². The highest BCUT2D eigenvalue weighted by molar-refractivity contribution is 5.86. The molecule has 94 valence electrons. The number of rotatable bonds is 1. The summed E-state index contributed by atoms with van der Waals surface area (Å²) >= 11 is 0. The van der Waals surface area contributed by atoms with Gasteiger partial charge in [0.05, 0.1) is 5.41 Å². The maximum Gasteiger partial charge on any atom is 0.311 e. The minimum atomic E-state index is -0.691. The predicted octanol–water partition coefficient (Wildman–Crippen LogP) is 2.99. The van der Waals surface area contributed by atoms with Gasteiger partial charge in [-0.25, -0.2) is 0 Å². The number of benzene rings is 1. The van der Waals surface area contributed by atoms with E-state index in [1.54, 1.807) is 0 Å². The first kappa shape index (κ1) is 11.3. The van der Waals surface area contributed by atoms with Crippen molar-refractivity contribution in [2.45, 2.75) is 33.2 Å². The number of aliphatic carboxylic acids is 1. The molecule has 0 saturated heterocycles. The predicted molar refractivity (Wildman–Crippen MR) is 70.7 cm³/mol. The van der Waals surface area contributed by atoms with E-state index in [9.17, 15) is 9.90 Å². The van der Waals surface area contributed by atoms with Gasteiger partial charge in [-0.05, 0) is 38.3 Å². The van der Waals surface area contributed by atoms with Gasteiger partial charge < -0.3 is 9.67 Å². The standard InChI is InChI=1S/C15H17NO2/c1-10-11-5-3-4-6-13(11)16-9-15(2,14(17)18)8-7-12(10)16/h3-6H,7-9H2,1-2H3,(H,17,18). The average molecular weight is 243 g/mol. The second-order valence-corrected chi connectivity index (χ2v) is 5.54. The van der Waals surface area contributed by atoms with Gasteiger partial charge in [0, 0.05) is 23.1 Å². The van der Waals surface area contributed by atoms with E-state index in [4.69, 9.17) is 0 Å². The second-order valence-electron chi connectivity index (χ2n) is 5.54. The third kappa shape index (κ3) is 1.40. The molecule has 1 aromatic carbocycles. The molecular formula is C15H17NO2. The molecule has 1 aliphatic heterocycles. The number of aromatic nitrogens is 1. The number of para-hydroxylation sites is 1. The molecule has 0 saturated carbocycles. The van der Waals surface area contributed by atoms with Crippen LogP contribution in [0.3, 0.4) is 0 Å². The number of carboxylic acid groups (broad SMARTS) is 1. The molecule has 1 N–H and O–H groups in total. The smallest absolute Gasteiger partial charge is 0.311 e. The maximum atomic E-state index is 11.4. The molecule has 0 spiro atoms. The fourth-order valence-electron chi connectivity index (χ4n) is 3.03. The van der Waals surface area contributed by atoms with Crippen LogP contribution in [0.4, 0.5) is 0 Å². The Balaban J connectivity index is 2.22. The van der Waals surface area contributed by atoms with Gasteiger partial charge >= 0.3 is 5.97 Å². The summed E-state index contributed by atoms with van der Waals surface area (Å²) in [4.78, 5) is 11.4.